The summed E-state index contributed by atoms with van der Waals surface area (Å²) in [5.41, 5.74) is 5.06. The highest BCUT2D eigenvalue weighted by molar-refractivity contribution is 7.89. The standard InChI is InChI=1S/C26H35N3O3S/c1-19-10-12-29(13-11-19)33(31,32)23-9-8-21(3)24(18-23)26(30)28-16-14-27(15-17-28)25-7-5-6-20(2)22(25)4/h5-9,18-19H,10-17H2,1-4H3. The van der Waals surface area contributed by atoms with Gasteiger partial charge in [-0.2, -0.15) is 4.31 Å². The normalized spacial score (nSPS) is 18.5. The highest BCUT2D eigenvalue weighted by Gasteiger charge is 2.30. The zero-order valence-corrected chi connectivity index (χ0v) is 21.0. The van der Waals surface area contributed by atoms with Crippen molar-refractivity contribution in [1.82, 2.24) is 9.21 Å². The van der Waals surface area contributed by atoms with Gasteiger partial charge in [-0.05, 0) is 74.4 Å². The summed E-state index contributed by atoms with van der Waals surface area (Å²) in [5, 5.41) is 0. The Labute approximate surface area is 198 Å². The molecule has 0 spiro atoms. The maximum Gasteiger partial charge on any atom is 0.254 e. The summed E-state index contributed by atoms with van der Waals surface area (Å²) < 4.78 is 28.0. The van der Waals surface area contributed by atoms with Gasteiger partial charge in [0.05, 0.1) is 4.90 Å². The van der Waals surface area contributed by atoms with Gasteiger partial charge < -0.3 is 9.80 Å². The number of rotatable bonds is 4. The Morgan fingerprint density at radius 1 is 0.879 bits per heavy atom. The van der Waals surface area contributed by atoms with E-state index in [1.165, 1.54) is 16.8 Å². The van der Waals surface area contributed by atoms with Crippen molar-refractivity contribution < 1.29 is 13.2 Å². The van der Waals surface area contributed by atoms with E-state index in [9.17, 15) is 13.2 Å². The summed E-state index contributed by atoms with van der Waals surface area (Å²) in [7, 11) is -3.59. The molecule has 0 aliphatic carbocycles. The van der Waals surface area contributed by atoms with E-state index in [4.69, 9.17) is 0 Å². The maximum absolute atomic E-state index is 13.4. The average Bonchev–Trinajstić information content (AvgIpc) is 2.81. The molecule has 2 fully saturated rings. The first-order chi connectivity index (χ1) is 15.7. The van der Waals surface area contributed by atoms with Crippen LogP contribution in [0.2, 0.25) is 0 Å². The quantitative estimate of drug-likeness (QED) is 0.679. The summed E-state index contributed by atoms with van der Waals surface area (Å²) in [6, 6.07) is 11.3. The molecule has 0 aromatic heterocycles. The predicted octanol–water partition coefficient (Wildman–Crippen LogP) is 3.99. The molecule has 0 unspecified atom stereocenters. The van der Waals surface area contributed by atoms with Crippen molar-refractivity contribution >= 4 is 21.6 Å². The fourth-order valence-electron chi connectivity index (χ4n) is 4.77. The molecule has 2 aliphatic heterocycles. The van der Waals surface area contributed by atoms with Crippen molar-refractivity contribution in [2.75, 3.05) is 44.2 Å². The smallest absolute Gasteiger partial charge is 0.254 e. The Balaban J connectivity index is 1.49. The van der Waals surface area contributed by atoms with Crippen molar-refractivity contribution in [3.05, 3.63) is 58.7 Å². The number of hydrogen-bond acceptors (Lipinski definition) is 4. The minimum absolute atomic E-state index is 0.0857. The van der Waals surface area contributed by atoms with Crippen LogP contribution in [0.4, 0.5) is 5.69 Å². The third-order valence-corrected chi connectivity index (χ3v) is 9.20. The number of nitrogens with zero attached hydrogens (tertiary/aromatic N) is 3. The van der Waals surface area contributed by atoms with Crippen molar-refractivity contribution in [3.8, 4) is 0 Å². The van der Waals surface area contributed by atoms with Gasteiger partial charge in [0.1, 0.15) is 0 Å². The van der Waals surface area contributed by atoms with Crippen molar-refractivity contribution in [2.45, 2.75) is 45.4 Å². The van der Waals surface area contributed by atoms with Gasteiger partial charge >= 0.3 is 0 Å². The molecule has 33 heavy (non-hydrogen) atoms. The molecule has 0 bridgehead atoms. The largest absolute Gasteiger partial charge is 0.368 e. The molecule has 0 radical (unpaired) electrons. The molecule has 2 aliphatic rings. The van der Waals surface area contributed by atoms with E-state index in [2.05, 4.69) is 43.9 Å². The number of aryl methyl sites for hydroxylation is 2. The van der Waals surface area contributed by atoms with Gasteiger partial charge in [-0.25, -0.2) is 8.42 Å². The molecule has 7 heteroatoms. The number of piperidine rings is 1. The molecule has 0 N–H and O–H groups in total. The van der Waals surface area contributed by atoms with Gasteiger partial charge in [0.2, 0.25) is 10.0 Å². The Kier molecular flexibility index (Phi) is 6.82. The molecule has 0 atom stereocenters. The van der Waals surface area contributed by atoms with Gasteiger partial charge in [-0.15, -0.1) is 0 Å². The Morgan fingerprint density at radius 3 is 2.21 bits per heavy atom. The van der Waals surface area contributed by atoms with Gasteiger partial charge in [0, 0.05) is 50.5 Å². The van der Waals surface area contributed by atoms with Crippen molar-refractivity contribution in [2.24, 2.45) is 5.92 Å². The zero-order chi connectivity index (χ0) is 23.8. The van der Waals surface area contributed by atoms with E-state index >= 15 is 0 Å². The Bertz CT molecular complexity index is 1130. The highest BCUT2D eigenvalue weighted by atomic mass is 32.2. The zero-order valence-electron chi connectivity index (χ0n) is 20.2. The Morgan fingerprint density at radius 2 is 1.55 bits per heavy atom. The van der Waals surface area contributed by atoms with Crippen LogP contribution in [0.25, 0.3) is 0 Å². The summed E-state index contributed by atoms with van der Waals surface area (Å²) in [5.74, 6) is 0.464. The number of carbonyl (C=O) groups excluding carboxylic acids is 1. The van der Waals surface area contributed by atoms with Crippen molar-refractivity contribution in [3.63, 3.8) is 0 Å². The molecule has 2 heterocycles. The summed E-state index contributed by atoms with van der Waals surface area (Å²) in [4.78, 5) is 17.8. The number of carbonyl (C=O) groups is 1. The lowest BCUT2D eigenvalue weighted by molar-refractivity contribution is 0.0745. The average molecular weight is 470 g/mol. The van der Waals surface area contributed by atoms with Gasteiger partial charge in [-0.1, -0.05) is 25.1 Å². The number of hydrogen-bond donors (Lipinski definition) is 0. The first-order valence-electron chi connectivity index (χ1n) is 11.9. The fraction of sp³-hybridized carbons (Fsp3) is 0.500. The Hall–Kier alpha value is -2.38. The molecule has 4 rings (SSSR count). The minimum atomic E-state index is -3.59. The first kappa shape index (κ1) is 23.8. The molecule has 2 aromatic carbocycles. The third-order valence-electron chi connectivity index (χ3n) is 7.30. The maximum atomic E-state index is 13.4. The van der Waals surface area contributed by atoms with Crippen molar-refractivity contribution in [1.29, 1.82) is 0 Å². The predicted molar refractivity (Wildman–Crippen MR) is 132 cm³/mol. The molecule has 6 nitrogen and oxygen atoms in total. The van der Waals surface area contributed by atoms with Gasteiger partial charge in [-0.3, -0.25) is 4.79 Å². The fourth-order valence-corrected chi connectivity index (χ4v) is 6.26. The van der Waals surface area contributed by atoms with E-state index in [1.807, 2.05) is 11.8 Å². The minimum Gasteiger partial charge on any atom is -0.368 e. The lowest BCUT2D eigenvalue weighted by Crippen LogP contribution is -2.49. The first-order valence-corrected chi connectivity index (χ1v) is 13.3. The number of benzene rings is 2. The molecular weight excluding hydrogens is 434 g/mol. The SMILES string of the molecule is Cc1ccc(S(=O)(=O)N2CCC(C)CC2)cc1C(=O)N1CCN(c2cccc(C)c2C)CC1. The van der Waals surface area contributed by atoms with E-state index in [0.717, 1.165) is 31.5 Å². The van der Waals surface area contributed by atoms with Crippen LogP contribution in [-0.2, 0) is 10.0 Å². The lowest BCUT2D eigenvalue weighted by atomic mass is 10.0. The second-order valence-electron chi connectivity index (χ2n) is 9.56. The van der Waals surface area contributed by atoms with E-state index in [0.29, 0.717) is 37.7 Å². The second-order valence-corrected chi connectivity index (χ2v) is 11.5. The van der Waals surface area contributed by atoms with Gasteiger partial charge in [0.25, 0.3) is 5.91 Å². The summed E-state index contributed by atoms with van der Waals surface area (Å²) >= 11 is 0. The van der Waals surface area contributed by atoms with E-state index in [-0.39, 0.29) is 10.8 Å². The van der Waals surface area contributed by atoms with Crippen LogP contribution in [-0.4, -0.2) is 62.8 Å². The monoisotopic (exact) mass is 469 g/mol. The number of amides is 1. The highest BCUT2D eigenvalue weighted by Crippen LogP contribution is 2.27. The topological polar surface area (TPSA) is 60.9 Å². The molecule has 1 amide bonds. The van der Waals surface area contributed by atoms with Crippen LogP contribution in [0, 0.1) is 26.7 Å². The van der Waals surface area contributed by atoms with Crippen LogP contribution in [0.15, 0.2) is 41.3 Å². The van der Waals surface area contributed by atoms with E-state index in [1.54, 1.807) is 22.5 Å². The second kappa shape index (κ2) is 9.47. The molecule has 178 valence electrons. The number of piperazine rings is 1. The molecular formula is C26H35N3O3S. The summed E-state index contributed by atoms with van der Waals surface area (Å²) in [6.45, 7) is 12.1. The van der Waals surface area contributed by atoms with Gasteiger partial charge in [0.15, 0.2) is 0 Å². The number of anilines is 1. The van der Waals surface area contributed by atoms with Crippen LogP contribution in [0.1, 0.15) is 46.8 Å². The van der Waals surface area contributed by atoms with Crippen LogP contribution < -0.4 is 4.90 Å². The van der Waals surface area contributed by atoms with Crippen LogP contribution in [0.5, 0.6) is 0 Å². The number of sulfonamides is 1. The van der Waals surface area contributed by atoms with Crippen LogP contribution in [0.3, 0.4) is 0 Å². The third kappa shape index (κ3) is 4.80. The summed E-state index contributed by atoms with van der Waals surface area (Å²) in [6.07, 6.45) is 1.75. The van der Waals surface area contributed by atoms with Crippen LogP contribution >= 0.6 is 0 Å². The molecule has 2 saturated heterocycles. The van der Waals surface area contributed by atoms with E-state index < -0.39 is 10.0 Å². The molecule has 0 saturated carbocycles. The lowest BCUT2D eigenvalue weighted by Gasteiger charge is -2.37. The molecule has 2 aromatic rings.